The summed E-state index contributed by atoms with van der Waals surface area (Å²) in [6.07, 6.45) is -1.03. The zero-order chi connectivity index (χ0) is 11.8. The third-order valence-electron chi connectivity index (χ3n) is 1.09. The average Bonchev–Trinajstić information content (AvgIpc) is 2.17. The molecule has 15 heavy (non-hydrogen) atoms. The van der Waals surface area contributed by atoms with Gasteiger partial charge in [0.15, 0.2) is 0 Å². The molecule has 2 amide bonds. The molecule has 0 spiro atoms. The second kappa shape index (κ2) is 6.83. The Labute approximate surface area is 91.2 Å². The molecule has 0 bridgehead atoms. The van der Waals surface area contributed by atoms with E-state index in [0.29, 0.717) is 0 Å². The summed E-state index contributed by atoms with van der Waals surface area (Å²) in [7, 11) is 0. The standard InChI is InChI=1S/C8H10ClNO5/c1-5(2)7(12)14-4-15-8(13)10-6(11)3-9/h1,3-4H2,2H3,(H,10,11,13). The fourth-order valence-corrected chi connectivity index (χ4v) is 0.510. The molecule has 0 saturated heterocycles. The zero-order valence-electron chi connectivity index (χ0n) is 8.04. The Hall–Kier alpha value is -1.56. The zero-order valence-corrected chi connectivity index (χ0v) is 8.80. The molecule has 0 aliphatic carbocycles. The molecule has 7 heteroatoms. The van der Waals surface area contributed by atoms with Crippen molar-refractivity contribution >= 4 is 29.6 Å². The molecule has 0 aliphatic heterocycles. The van der Waals surface area contributed by atoms with E-state index in [2.05, 4.69) is 16.1 Å². The first-order valence-electron chi connectivity index (χ1n) is 3.82. The number of hydrogen-bond donors (Lipinski definition) is 1. The maximum atomic E-state index is 10.8. The molecule has 0 heterocycles. The van der Waals surface area contributed by atoms with Gasteiger partial charge in [0.1, 0.15) is 5.88 Å². The molecule has 6 nitrogen and oxygen atoms in total. The van der Waals surface area contributed by atoms with Crippen LogP contribution in [-0.4, -0.2) is 30.6 Å². The summed E-state index contributed by atoms with van der Waals surface area (Å²) in [6.45, 7) is 4.17. The van der Waals surface area contributed by atoms with Crippen LogP contribution < -0.4 is 5.32 Å². The van der Waals surface area contributed by atoms with Crippen LogP contribution in [0.4, 0.5) is 4.79 Å². The molecule has 0 rings (SSSR count). The Morgan fingerprint density at radius 1 is 1.33 bits per heavy atom. The third-order valence-corrected chi connectivity index (χ3v) is 1.33. The van der Waals surface area contributed by atoms with Crippen molar-refractivity contribution in [1.82, 2.24) is 5.32 Å². The summed E-state index contributed by atoms with van der Waals surface area (Å²) >= 11 is 5.11. The van der Waals surface area contributed by atoms with Crippen molar-refractivity contribution in [1.29, 1.82) is 0 Å². The molecular formula is C8H10ClNO5. The van der Waals surface area contributed by atoms with Gasteiger partial charge in [-0.15, -0.1) is 11.6 Å². The van der Waals surface area contributed by atoms with Crippen LogP contribution in [0.25, 0.3) is 0 Å². The van der Waals surface area contributed by atoms with Gasteiger partial charge >= 0.3 is 12.1 Å². The Morgan fingerprint density at radius 3 is 2.40 bits per heavy atom. The van der Waals surface area contributed by atoms with E-state index in [4.69, 9.17) is 11.6 Å². The van der Waals surface area contributed by atoms with Gasteiger partial charge in [-0.25, -0.2) is 9.59 Å². The van der Waals surface area contributed by atoms with E-state index in [0.717, 1.165) is 0 Å². The Kier molecular flexibility index (Phi) is 6.12. The van der Waals surface area contributed by atoms with Gasteiger partial charge in [0.25, 0.3) is 0 Å². The van der Waals surface area contributed by atoms with Crippen LogP contribution in [0.3, 0.4) is 0 Å². The molecule has 1 N–H and O–H groups in total. The van der Waals surface area contributed by atoms with E-state index in [1.807, 2.05) is 0 Å². The smallest absolute Gasteiger partial charge is 0.416 e. The minimum Gasteiger partial charge on any atom is -0.424 e. The van der Waals surface area contributed by atoms with Crippen molar-refractivity contribution in [3.05, 3.63) is 12.2 Å². The van der Waals surface area contributed by atoms with E-state index in [1.54, 1.807) is 5.32 Å². The van der Waals surface area contributed by atoms with Crippen LogP contribution >= 0.6 is 11.6 Å². The Bertz CT molecular complexity index is 289. The highest BCUT2D eigenvalue weighted by Gasteiger charge is 2.08. The highest BCUT2D eigenvalue weighted by atomic mass is 35.5. The SMILES string of the molecule is C=C(C)C(=O)OCOC(=O)NC(=O)CCl. The molecule has 0 fully saturated rings. The number of esters is 1. The first-order chi connectivity index (χ1) is 6.97. The van der Waals surface area contributed by atoms with Crippen LogP contribution in [0.1, 0.15) is 6.92 Å². The second-order valence-electron chi connectivity index (χ2n) is 2.44. The summed E-state index contributed by atoms with van der Waals surface area (Å²) in [5, 5.41) is 1.79. The van der Waals surface area contributed by atoms with E-state index >= 15 is 0 Å². The van der Waals surface area contributed by atoms with Crippen molar-refractivity contribution < 1.29 is 23.9 Å². The van der Waals surface area contributed by atoms with Crippen molar-refractivity contribution in [2.45, 2.75) is 6.92 Å². The second-order valence-corrected chi connectivity index (χ2v) is 2.71. The van der Waals surface area contributed by atoms with Gasteiger partial charge in [0, 0.05) is 5.57 Å². The highest BCUT2D eigenvalue weighted by Crippen LogP contribution is 1.92. The summed E-state index contributed by atoms with van der Waals surface area (Å²) < 4.78 is 8.75. The summed E-state index contributed by atoms with van der Waals surface area (Å²) in [5.74, 6) is -1.75. The van der Waals surface area contributed by atoms with Crippen molar-refractivity contribution in [3.63, 3.8) is 0 Å². The van der Waals surface area contributed by atoms with Gasteiger partial charge in [0.2, 0.25) is 12.7 Å². The van der Waals surface area contributed by atoms with E-state index in [1.165, 1.54) is 6.92 Å². The van der Waals surface area contributed by atoms with Gasteiger partial charge in [-0.05, 0) is 6.92 Å². The molecule has 0 saturated carbocycles. The number of rotatable bonds is 4. The molecule has 84 valence electrons. The number of imide groups is 1. The summed E-state index contributed by atoms with van der Waals surface area (Å²) in [6, 6.07) is 0. The van der Waals surface area contributed by atoms with Crippen molar-refractivity contribution in [2.24, 2.45) is 0 Å². The quantitative estimate of drug-likeness (QED) is 0.333. The molecule has 0 unspecified atom stereocenters. The Balaban J connectivity index is 3.69. The van der Waals surface area contributed by atoms with Crippen LogP contribution in [0.2, 0.25) is 0 Å². The number of ether oxygens (including phenoxy) is 2. The minimum atomic E-state index is -1.03. The summed E-state index contributed by atoms with van der Waals surface area (Å²) in [4.78, 5) is 32.1. The Morgan fingerprint density at radius 2 is 1.93 bits per heavy atom. The highest BCUT2D eigenvalue weighted by molar-refractivity contribution is 6.28. The van der Waals surface area contributed by atoms with Crippen molar-refractivity contribution in [2.75, 3.05) is 12.7 Å². The topological polar surface area (TPSA) is 81.7 Å². The van der Waals surface area contributed by atoms with Crippen molar-refractivity contribution in [3.8, 4) is 0 Å². The number of halogens is 1. The lowest BCUT2D eigenvalue weighted by Gasteiger charge is -2.05. The molecule has 0 aromatic rings. The lowest BCUT2D eigenvalue weighted by Crippen LogP contribution is -2.32. The van der Waals surface area contributed by atoms with Crippen LogP contribution in [0.5, 0.6) is 0 Å². The van der Waals surface area contributed by atoms with Crippen LogP contribution in [-0.2, 0) is 19.1 Å². The molecule has 0 aliphatic rings. The average molecular weight is 236 g/mol. The number of amides is 2. The first kappa shape index (κ1) is 13.4. The predicted molar refractivity (Wildman–Crippen MR) is 51.1 cm³/mol. The fraction of sp³-hybridized carbons (Fsp3) is 0.375. The number of hydrogen-bond acceptors (Lipinski definition) is 5. The fourth-order valence-electron chi connectivity index (χ4n) is 0.443. The lowest BCUT2D eigenvalue weighted by atomic mass is 10.4. The van der Waals surface area contributed by atoms with E-state index in [9.17, 15) is 14.4 Å². The molecule has 0 aromatic heterocycles. The number of carbonyl (C=O) groups excluding carboxylic acids is 3. The third kappa shape index (κ3) is 6.50. The molecule has 0 atom stereocenters. The minimum absolute atomic E-state index is 0.177. The van der Waals surface area contributed by atoms with Crippen LogP contribution in [0.15, 0.2) is 12.2 Å². The van der Waals surface area contributed by atoms with Gasteiger partial charge in [-0.1, -0.05) is 6.58 Å². The van der Waals surface area contributed by atoms with Gasteiger partial charge < -0.3 is 9.47 Å². The number of carbonyl (C=O) groups is 3. The predicted octanol–water partition coefficient (Wildman–Crippen LogP) is 0.555. The monoisotopic (exact) mass is 235 g/mol. The molecule has 0 radical (unpaired) electrons. The number of alkyl carbamates (subject to hydrolysis) is 1. The van der Waals surface area contributed by atoms with E-state index in [-0.39, 0.29) is 11.5 Å². The summed E-state index contributed by atoms with van der Waals surface area (Å²) in [5.41, 5.74) is 0.177. The maximum Gasteiger partial charge on any atom is 0.416 e. The lowest BCUT2D eigenvalue weighted by molar-refractivity contribution is -0.146. The molecule has 0 aromatic carbocycles. The van der Waals surface area contributed by atoms with Gasteiger partial charge in [-0.2, -0.15) is 0 Å². The van der Waals surface area contributed by atoms with Gasteiger partial charge in [-0.3, -0.25) is 10.1 Å². The van der Waals surface area contributed by atoms with E-state index < -0.39 is 24.8 Å². The maximum absolute atomic E-state index is 10.8. The number of nitrogens with one attached hydrogen (secondary N) is 1. The number of alkyl halides is 1. The normalized spacial score (nSPS) is 8.93. The first-order valence-corrected chi connectivity index (χ1v) is 4.36. The largest absolute Gasteiger partial charge is 0.424 e. The molecular weight excluding hydrogens is 226 g/mol. The van der Waals surface area contributed by atoms with Crippen LogP contribution in [0, 0.1) is 0 Å². The van der Waals surface area contributed by atoms with Gasteiger partial charge in [0.05, 0.1) is 0 Å².